The topological polar surface area (TPSA) is 41.6 Å². The van der Waals surface area contributed by atoms with Crippen LogP contribution in [0.3, 0.4) is 0 Å². The van der Waals surface area contributed by atoms with Crippen molar-refractivity contribution in [3.8, 4) is 5.75 Å². The molecule has 1 N–H and O–H groups in total. The van der Waals surface area contributed by atoms with E-state index in [2.05, 4.69) is 43.4 Å². The number of carbonyl (C=O) groups excluding carboxylic acids is 1. The zero-order valence-corrected chi connectivity index (χ0v) is 17.7. The molecule has 1 aliphatic rings. The number of nitrogens with one attached hydrogen (secondary N) is 1. The lowest BCUT2D eigenvalue weighted by Crippen LogP contribution is -2.50. The van der Waals surface area contributed by atoms with Gasteiger partial charge in [0.05, 0.1) is 13.2 Å². The maximum Gasteiger partial charge on any atom is 0.258 e. The Morgan fingerprint density at radius 1 is 0.967 bits per heavy atom. The minimum atomic E-state index is 0.0296. The Kier molecular flexibility index (Phi) is 5.75. The molecule has 1 aliphatic heterocycles. The molecule has 3 atom stereocenters. The maximum absolute atomic E-state index is 13.6. The van der Waals surface area contributed by atoms with Crippen molar-refractivity contribution in [2.45, 2.75) is 32.4 Å². The molecule has 0 saturated heterocycles. The molecule has 154 valence electrons. The highest BCUT2D eigenvalue weighted by Gasteiger charge is 2.40. The van der Waals surface area contributed by atoms with Crippen LogP contribution in [0.5, 0.6) is 5.75 Å². The van der Waals surface area contributed by atoms with Gasteiger partial charge in [-0.05, 0) is 54.4 Å². The van der Waals surface area contributed by atoms with Crippen molar-refractivity contribution >= 4 is 17.3 Å². The number of para-hydroxylation sites is 2. The van der Waals surface area contributed by atoms with Crippen molar-refractivity contribution in [3.63, 3.8) is 0 Å². The van der Waals surface area contributed by atoms with Crippen molar-refractivity contribution in [3.05, 3.63) is 90.0 Å². The van der Waals surface area contributed by atoms with E-state index in [4.69, 9.17) is 4.74 Å². The number of amides is 1. The van der Waals surface area contributed by atoms with Crippen molar-refractivity contribution in [1.29, 1.82) is 0 Å². The second-order valence-electron chi connectivity index (χ2n) is 7.79. The number of benzene rings is 3. The Hall–Kier alpha value is -3.27. The molecule has 4 heteroatoms. The molecule has 0 fully saturated rings. The lowest BCUT2D eigenvalue weighted by molar-refractivity contribution is 0.0960. The summed E-state index contributed by atoms with van der Waals surface area (Å²) in [5, 5.41) is 3.71. The SMILES string of the molecule is CC[C@H]1[C@@H](C)[C@@H](Nc2ccccc2)c2ccccc2N1C(=O)c1ccc(OC)cc1. The first-order chi connectivity index (χ1) is 14.6. The van der Waals surface area contributed by atoms with Gasteiger partial charge in [-0.25, -0.2) is 0 Å². The monoisotopic (exact) mass is 400 g/mol. The lowest BCUT2D eigenvalue weighted by atomic mass is 9.80. The molecule has 30 heavy (non-hydrogen) atoms. The Labute approximate surface area is 178 Å². The molecule has 3 aromatic carbocycles. The quantitative estimate of drug-likeness (QED) is 0.578. The van der Waals surface area contributed by atoms with Gasteiger partial charge in [0.25, 0.3) is 5.91 Å². The zero-order chi connectivity index (χ0) is 21.1. The summed E-state index contributed by atoms with van der Waals surface area (Å²) < 4.78 is 5.25. The van der Waals surface area contributed by atoms with Crippen molar-refractivity contribution in [2.24, 2.45) is 5.92 Å². The molecule has 0 aliphatic carbocycles. The van der Waals surface area contributed by atoms with Crippen LogP contribution in [-0.2, 0) is 0 Å². The molecule has 0 saturated carbocycles. The Bertz CT molecular complexity index is 1000. The molecule has 0 radical (unpaired) electrons. The smallest absolute Gasteiger partial charge is 0.258 e. The standard InChI is InChI=1S/C26H28N2O2/c1-4-23-18(2)25(27-20-10-6-5-7-11-20)22-12-8-9-13-24(22)28(23)26(29)19-14-16-21(30-3)17-15-19/h5-18,23,25,27H,4H2,1-3H3/t18-,23+,25-/m1/s1. The zero-order valence-electron chi connectivity index (χ0n) is 17.7. The number of carbonyl (C=O) groups is 1. The van der Waals surface area contributed by atoms with Gasteiger partial charge < -0.3 is 15.0 Å². The number of methoxy groups -OCH3 is 1. The molecular formula is C26H28N2O2. The van der Waals surface area contributed by atoms with E-state index in [9.17, 15) is 4.79 Å². The molecule has 0 spiro atoms. The highest BCUT2D eigenvalue weighted by atomic mass is 16.5. The summed E-state index contributed by atoms with van der Waals surface area (Å²) in [7, 11) is 1.63. The number of nitrogens with zero attached hydrogens (tertiary/aromatic N) is 1. The minimum absolute atomic E-state index is 0.0296. The summed E-state index contributed by atoms with van der Waals surface area (Å²) in [6.45, 7) is 4.39. The summed E-state index contributed by atoms with van der Waals surface area (Å²) in [5.41, 5.74) is 3.90. The first-order valence-corrected chi connectivity index (χ1v) is 10.5. The normalized spacial score (nSPS) is 20.4. The summed E-state index contributed by atoms with van der Waals surface area (Å²) in [6.07, 6.45) is 0.879. The van der Waals surface area contributed by atoms with Crippen LogP contribution in [0.4, 0.5) is 11.4 Å². The number of hydrogen-bond donors (Lipinski definition) is 1. The molecule has 4 rings (SSSR count). The number of ether oxygens (including phenoxy) is 1. The third kappa shape index (κ3) is 3.65. The highest BCUT2D eigenvalue weighted by Crippen LogP contribution is 2.44. The van der Waals surface area contributed by atoms with Gasteiger partial charge >= 0.3 is 0 Å². The van der Waals surface area contributed by atoms with Crippen LogP contribution in [-0.4, -0.2) is 19.1 Å². The maximum atomic E-state index is 13.6. The predicted molar refractivity (Wildman–Crippen MR) is 122 cm³/mol. The fourth-order valence-electron chi connectivity index (χ4n) is 4.50. The average Bonchev–Trinajstić information content (AvgIpc) is 2.80. The summed E-state index contributed by atoms with van der Waals surface area (Å²) >= 11 is 0. The number of anilines is 2. The van der Waals surface area contributed by atoms with Crippen LogP contribution in [0.25, 0.3) is 0 Å². The second kappa shape index (κ2) is 8.62. The van der Waals surface area contributed by atoms with Crippen LogP contribution in [0.1, 0.15) is 42.2 Å². The summed E-state index contributed by atoms with van der Waals surface area (Å²) in [6, 6.07) is 26.1. The number of rotatable bonds is 5. The number of fused-ring (bicyclic) bond motifs is 1. The minimum Gasteiger partial charge on any atom is -0.497 e. The predicted octanol–water partition coefficient (Wildman–Crippen LogP) is 5.92. The van der Waals surface area contributed by atoms with E-state index in [0.29, 0.717) is 5.56 Å². The molecular weight excluding hydrogens is 372 g/mol. The van der Waals surface area contributed by atoms with E-state index in [1.807, 2.05) is 59.5 Å². The lowest BCUT2D eigenvalue weighted by Gasteiger charge is -2.45. The first-order valence-electron chi connectivity index (χ1n) is 10.5. The fourth-order valence-corrected chi connectivity index (χ4v) is 4.50. The molecule has 4 nitrogen and oxygen atoms in total. The van der Waals surface area contributed by atoms with Gasteiger partial charge in [-0.1, -0.05) is 50.2 Å². The fraction of sp³-hybridized carbons (Fsp3) is 0.269. The molecule has 0 aromatic heterocycles. The third-order valence-electron chi connectivity index (χ3n) is 6.07. The molecule has 0 bridgehead atoms. The van der Waals surface area contributed by atoms with Crippen LogP contribution in [0.15, 0.2) is 78.9 Å². The van der Waals surface area contributed by atoms with Gasteiger partial charge in [0.15, 0.2) is 0 Å². The average molecular weight is 401 g/mol. The molecule has 0 unspecified atom stereocenters. The van der Waals surface area contributed by atoms with E-state index >= 15 is 0 Å². The van der Waals surface area contributed by atoms with E-state index in [-0.39, 0.29) is 23.9 Å². The van der Waals surface area contributed by atoms with Crippen molar-refractivity contribution in [1.82, 2.24) is 0 Å². The van der Waals surface area contributed by atoms with Gasteiger partial charge in [0, 0.05) is 28.9 Å². The van der Waals surface area contributed by atoms with E-state index < -0.39 is 0 Å². The summed E-state index contributed by atoms with van der Waals surface area (Å²) in [5.74, 6) is 1.02. The van der Waals surface area contributed by atoms with Crippen molar-refractivity contribution < 1.29 is 9.53 Å². The Balaban J connectivity index is 1.74. The molecule has 1 amide bonds. The van der Waals surface area contributed by atoms with Crippen LogP contribution in [0, 0.1) is 5.92 Å². The van der Waals surface area contributed by atoms with Crippen molar-refractivity contribution in [2.75, 3.05) is 17.3 Å². The van der Waals surface area contributed by atoms with E-state index in [1.165, 1.54) is 0 Å². The van der Waals surface area contributed by atoms with Gasteiger partial charge in [-0.3, -0.25) is 4.79 Å². The number of hydrogen-bond acceptors (Lipinski definition) is 3. The molecule has 3 aromatic rings. The first kappa shape index (κ1) is 20.0. The van der Waals surface area contributed by atoms with Gasteiger partial charge in [-0.15, -0.1) is 0 Å². The van der Waals surface area contributed by atoms with E-state index in [1.54, 1.807) is 7.11 Å². The summed E-state index contributed by atoms with van der Waals surface area (Å²) in [4.78, 5) is 15.6. The molecule has 1 heterocycles. The van der Waals surface area contributed by atoms with Gasteiger partial charge in [0.1, 0.15) is 5.75 Å². The van der Waals surface area contributed by atoms with Crippen LogP contribution >= 0.6 is 0 Å². The highest BCUT2D eigenvalue weighted by molar-refractivity contribution is 6.07. The van der Waals surface area contributed by atoms with Gasteiger partial charge in [0.2, 0.25) is 0 Å². The largest absolute Gasteiger partial charge is 0.497 e. The second-order valence-corrected chi connectivity index (χ2v) is 7.79. The Morgan fingerprint density at radius 3 is 2.30 bits per heavy atom. The van der Waals surface area contributed by atoms with Crippen LogP contribution < -0.4 is 15.0 Å². The Morgan fingerprint density at radius 2 is 1.63 bits per heavy atom. The van der Waals surface area contributed by atoms with E-state index in [0.717, 1.165) is 29.1 Å². The van der Waals surface area contributed by atoms with Gasteiger partial charge in [-0.2, -0.15) is 0 Å². The van der Waals surface area contributed by atoms with Crippen LogP contribution in [0.2, 0.25) is 0 Å². The third-order valence-corrected chi connectivity index (χ3v) is 6.07.